The first kappa shape index (κ1) is 13.6. The fourth-order valence-electron chi connectivity index (χ4n) is 2.74. The molecular weight excluding hydrogens is 224 g/mol. The lowest BCUT2D eigenvalue weighted by Crippen LogP contribution is -2.16. The molecule has 1 heterocycles. The lowest BCUT2D eigenvalue weighted by molar-refractivity contribution is 0.194. The molecule has 18 heavy (non-hydrogen) atoms. The number of rotatable bonds is 7. The van der Waals surface area contributed by atoms with Gasteiger partial charge in [-0.05, 0) is 37.4 Å². The van der Waals surface area contributed by atoms with Crippen molar-refractivity contribution in [3.63, 3.8) is 0 Å². The molecule has 0 saturated heterocycles. The Morgan fingerprint density at radius 1 is 1.33 bits per heavy atom. The van der Waals surface area contributed by atoms with E-state index in [1.807, 2.05) is 0 Å². The highest BCUT2D eigenvalue weighted by atomic mass is 16.5. The molecule has 0 aromatic carbocycles. The minimum Gasteiger partial charge on any atom is -0.385 e. The molecule has 1 aliphatic carbocycles. The highest BCUT2D eigenvalue weighted by Gasteiger charge is 2.14. The molecule has 1 aliphatic rings. The summed E-state index contributed by atoms with van der Waals surface area (Å²) in [5.74, 6) is 0. The Labute approximate surface area is 111 Å². The van der Waals surface area contributed by atoms with Gasteiger partial charge in [-0.2, -0.15) is 0 Å². The van der Waals surface area contributed by atoms with E-state index in [0.29, 0.717) is 0 Å². The van der Waals surface area contributed by atoms with E-state index in [4.69, 9.17) is 4.74 Å². The Morgan fingerprint density at radius 3 is 2.94 bits per heavy atom. The molecule has 0 unspecified atom stereocenters. The van der Waals surface area contributed by atoms with Crippen LogP contribution in [0.2, 0.25) is 0 Å². The van der Waals surface area contributed by atoms with E-state index >= 15 is 0 Å². The van der Waals surface area contributed by atoms with Gasteiger partial charge in [-0.3, -0.25) is 0 Å². The molecule has 102 valence electrons. The van der Waals surface area contributed by atoms with Gasteiger partial charge in [0.2, 0.25) is 0 Å². The number of methoxy groups -OCH3 is 1. The van der Waals surface area contributed by atoms with Crippen LogP contribution in [-0.2, 0) is 11.3 Å². The maximum Gasteiger partial charge on any atom is 0.0474 e. The van der Waals surface area contributed by atoms with Crippen LogP contribution in [0.3, 0.4) is 0 Å². The monoisotopic (exact) mass is 250 g/mol. The average Bonchev–Trinajstić information content (AvgIpc) is 2.88. The van der Waals surface area contributed by atoms with E-state index in [9.17, 15) is 0 Å². The maximum atomic E-state index is 5.03. The van der Waals surface area contributed by atoms with Crippen molar-refractivity contribution in [2.45, 2.75) is 51.1 Å². The van der Waals surface area contributed by atoms with Gasteiger partial charge in [-0.15, -0.1) is 0 Å². The van der Waals surface area contributed by atoms with Crippen LogP contribution in [-0.4, -0.2) is 24.8 Å². The van der Waals surface area contributed by atoms with Crippen molar-refractivity contribution in [3.8, 4) is 0 Å². The van der Waals surface area contributed by atoms with Crippen LogP contribution in [0.25, 0.3) is 0 Å². The summed E-state index contributed by atoms with van der Waals surface area (Å²) in [5.41, 5.74) is 1.40. The summed E-state index contributed by atoms with van der Waals surface area (Å²) >= 11 is 0. The fourth-order valence-corrected chi connectivity index (χ4v) is 2.74. The molecule has 2 rings (SSSR count). The first-order valence-corrected chi connectivity index (χ1v) is 7.26. The second kappa shape index (κ2) is 7.59. The number of aromatic nitrogens is 1. The zero-order chi connectivity index (χ0) is 12.6. The van der Waals surface area contributed by atoms with Crippen LogP contribution < -0.4 is 5.32 Å². The van der Waals surface area contributed by atoms with E-state index in [1.54, 1.807) is 7.11 Å². The summed E-state index contributed by atoms with van der Waals surface area (Å²) in [6, 6.07) is 3.00. The fraction of sp³-hybridized carbons (Fsp3) is 0.733. The molecule has 1 aromatic rings. The molecule has 1 fully saturated rings. The standard InChI is InChI=1S/C15H26N2O/c1-18-11-5-9-16-12-14-8-10-17(13-14)15-6-3-2-4-7-15/h8,10,13,15-16H,2-7,9,11-12H2,1H3. The highest BCUT2D eigenvalue weighted by Crippen LogP contribution is 2.28. The topological polar surface area (TPSA) is 26.2 Å². The predicted octanol–water partition coefficient (Wildman–Crippen LogP) is 3.12. The van der Waals surface area contributed by atoms with Crippen molar-refractivity contribution in [1.82, 2.24) is 9.88 Å². The third-order valence-corrected chi connectivity index (χ3v) is 3.80. The van der Waals surface area contributed by atoms with Crippen molar-refractivity contribution in [2.24, 2.45) is 0 Å². The van der Waals surface area contributed by atoms with Crippen LogP contribution in [0.5, 0.6) is 0 Å². The first-order valence-electron chi connectivity index (χ1n) is 7.26. The lowest BCUT2D eigenvalue weighted by atomic mass is 9.95. The van der Waals surface area contributed by atoms with Crippen LogP contribution in [0.15, 0.2) is 18.5 Å². The number of nitrogens with one attached hydrogen (secondary N) is 1. The van der Waals surface area contributed by atoms with Gasteiger partial charge < -0.3 is 14.6 Å². The van der Waals surface area contributed by atoms with Crippen LogP contribution in [0.1, 0.15) is 50.1 Å². The molecule has 1 N–H and O–H groups in total. The summed E-state index contributed by atoms with van der Waals surface area (Å²) in [7, 11) is 1.75. The lowest BCUT2D eigenvalue weighted by Gasteiger charge is -2.23. The number of ether oxygens (including phenoxy) is 1. The third kappa shape index (κ3) is 4.14. The van der Waals surface area contributed by atoms with Crippen LogP contribution in [0.4, 0.5) is 0 Å². The summed E-state index contributed by atoms with van der Waals surface area (Å²) in [6.07, 6.45) is 12.6. The van der Waals surface area contributed by atoms with Crippen molar-refractivity contribution in [1.29, 1.82) is 0 Å². The van der Waals surface area contributed by atoms with Crippen LogP contribution in [0, 0.1) is 0 Å². The van der Waals surface area contributed by atoms with Gasteiger partial charge in [-0.1, -0.05) is 19.3 Å². The molecule has 0 radical (unpaired) electrons. The van der Waals surface area contributed by atoms with Gasteiger partial charge in [0.05, 0.1) is 0 Å². The van der Waals surface area contributed by atoms with Gasteiger partial charge in [-0.25, -0.2) is 0 Å². The zero-order valence-electron chi connectivity index (χ0n) is 11.5. The second-order valence-electron chi connectivity index (χ2n) is 5.28. The Bertz CT molecular complexity index is 329. The van der Waals surface area contributed by atoms with Gasteiger partial charge in [0.15, 0.2) is 0 Å². The molecule has 0 aliphatic heterocycles. The van der Waals surface area contributed by atoms with E-state index in [1.165, 1.54) is 37.7 Å². The Morgan fingerprint density at radius 2 is 2.17 bits per heavy atom. The van der Waals surface area contributed by atoms with Gasteiger partial charge in [0.25, 0.3) is 0 Å². The summed E-state index contributed by atoms with van der Waals surface area (Å²) < 4.78 is 7.46. The molecular formula is C15H26N2O. The Kier molecular flexibility index (Phi) is 5.75. The smallest absolute Gasteiger partial charge is 0.0474 e. The van der Waals surface area contributed by atoms with Gasteiger partial charge >= 0.3 is 0 Å². The zero-order valence-corrected chi connectivity index (χ0v) is 11.5. The van der Waals surface area contributed by atoms with Crippen molar-refractivity contribution in [2.75, 3.05) is 20.3 Å². The Balaban J connectivity index is 1.72. The maximum absolute atomic E-state index is 5.03. The second-order valence-corrected chi connectivity index (χ2v) is 5.28. The molecule has 0 spiro atoms. The van der Waals surface area contributed by atoms with E-state index in [0.717, 1.165) is 32.2 Å². The first-order chi connectivity index (χ1) is 8.90. The third-order valence-electron chi connectivity index (χ3n) is 3.80. The summed E-state index contributed by atoms with van der Waals surface area (Å²) in [6.45, 7) is 2.85. The van der Waals surface area contributed by atoms with Crippen molar-refractivity contribution < 1.29 is 4.74 Å². The number of hydrogen-bond acceptors (Lipinski definition) is 2. The number of hydrogen-bond donors (Lipinski definition) is 1. The van der Waals surface area contributed by atoms with E-state index < -0.39 is 0 Å². The molecule has 1 aromatic heterocycles. The van der Waals surface area contributed by atoms with E-state index in [2.05, 4.69) is 28.3 Å². The molecule has 0 bridgehead atoms. The highest BCUT2D eigenvalue weighted by molar-refractivity contribution is 5.11. The molecule has 3 nitrogen and oxygen atoms in total. The minimum atomic E-state index is 0.751. The normalized spacial score (nSPS) is 17.2. The SMILES string of the molecule is COCCCNCc1ccn(C2CCCCC2)c1. The summed E-state index contributed by atoms with van der Waals surface area (Å²) in [5, 5.41) is 3.46. The van der Waals surface area contributed by atoms with E-state index in [-0.39, 0.29) is 0 Å². The van der Waals surface area contributed by atoms with Crippen molar-refractivity contribution >= 4 is 0 Å². The van der Waals surface area contributed by atoms with Gasteiger partial charge in [0.1, 0.15) is 0 Å². The number of nitrogens with zero attached hydrogens (tertiary/aromatic N) is 1. The average molecular weight is 250 g/mol. The van der Waals surface area contributed by atoms with Crippen LogP contribution >= 0.6 is 0 Å². The summed E-state index contributed by atoms with van der Waals surface area (Å²) in [4.78, 5) is 0. The molecule has 3 heteroatoms. The predicted molar refractivity (Wildman–Crippen MR) is 74.8 cm³/mol. The quantitative estimate of drug-likeness (QED) is 0.753. The molecule has 0 amide bonds. The molecule has 0 atom stereocenters. The van der Waals surface area contributed by atoms with Gasteiger partial charge in [0, 0.05) is 38.7 Å². The largest absolute Gasteiger partial charge is 0.385 e. The Hall–Kier alpha value is -0.800. The minimum absolute atomic E-state index is 0.751. The molecule has 1 saturated carbocycles. The van der Waals surface area contributed by atoms with Crippen molar-refractivity contribution in [3.05, 3.63) is 24.0 Å².